The summed E-state index contributed by atoms with van der Waals surface area (Å²) < 4.78 is 4.92. The van der Waals surface area contributed by atoms with Crippen molar-refractivity contribution in [2.24, 2.45) is 0 Å². The third-order valence-corrected chi connectivity index (χ3v) is 3.98. The van der Waals surface area contributed by atoms with Crippen LogP contribution in [0.4, 0.5) is 5.69 Å². The Morgan fingerprint density at radius 1 is 1.12 bits per heavy atom. The van der Waals surface area contributed by atoms with Crippen molar-refractivity contribution in [3.8, 4) is 0 Å². The molecule has 0 bridgehead atoms. The highest BCUT2D eigenvalue weighted by molar-refractivity contribution is 6.42. The third kappa shape index (κ3) is 5.70. The lowest BCUT2D eigenvalue weighted by molar-refractivity contribution is 0.0948. The van der Waals surface area contributed by atoms with Crippen molar-refractivity contribution in [2.75, 3.05) is 25.6 Å². The Balaban J connectivity index is 2.03. The molecule has 1 heterocycles. The Morgan fingerprint density at radius 2 is 1.92 bits per heavy atom. The van der Waals surface area contributed by atoms with Gasteiger partial charge in [-0.05, 0) is 36.8 Å². The van der Waals surface area contributed by atoms with Crippen LogP contribution in [0.3, 0.4) is 0 Å². The smallest absolute Gasteiger partial charge is 0.274 e. The van der Waals surface area contributed by atoms with Crippen LogP contribution in [-0.2, 0) is 4.74 Å². The van der Waals surface area contributed by atoms with Gasteiger partial charge in [0.05, 0.1) is 10.0 Å². The van der Waals surface area contributed by atoms with Crippen molar-refractivity contribution < 1.29 is 14.3 Å². The second-order valence-corrected chi connectivity index (χ2v) is 5.93. The molecule has 0 fully saturated rings. The molecule has 0 unspecified atom stereocenters. The molecular formula is C17H17Cl2N3O3. The minimum atomic E-state index is -0.451. The van der Waals surface area contributed by atoms with Crippen molar-refractivity contribution >= 4 is 40.7 Å². The average molecular weight is 382 g/mol. The number of ether oxygens (including phenoxy) is 1. The molecule has 0 atom stereocenters. The van der Waals surface area contributed by atoms with Crippen LogP contribution in [-0.4, -0.2) is 37.1 Å². The summed E-state index contributed by atoms with van der Waals surface area (Å²) in [5.74, 6) is -0.727. The van der Waals surface area contributed by atoms with Crippen LogP contribution >= 0.6 is 23.2 Å². The van der Waals surface area contributed by atoms with E-state index in [1.807, 2.05) is 0 Å². The molecule has 1 aromatic heterocycles. The number of halogens is 2. The zero-order valence-electron chi connectivity index (χ0n) is 13.5. The molecule has 25 heavy (non-hydrogen) atoms. The highest BCUT2D eigenvalue weighted by Gasteiger charge is 2.12. The molecular weight excluding hydrogens is 365 g/mol. The van der Waals surface area contributed by atoms with E-state index in [9.17, 15) is 9.59 Å². The largest absolute Gasteiger partial charge is 0.385 e. The number of aromatic nitrogens is 1. The number of rotatable bonds is 7. The predicted molar refractivity (Wildman–Crippen MR) is 97.5 cm³/mol. The molecule has 1 aromatic carbocycles. The molecule has 0 saturated heterocycles. The summed E-state index contributed by atoms with van der Waals surface area (Å²) >= 11 is 11.8. The van der Waals surface area contributed by atoms with Gasteiger partial charge in [0, 0.05) is 37.7 Å². The van der Waals surface area contributed by atoms with Gasteiger partial charge in [-0.3, -0.25) is 14.6 Å². The molecule has 8 heteroatoms. The fraction of sp³-hybridized carbons (Fsp3) is 0.235. The maximum Gasteiger partial charge on any atom is 0.274 e. The van der Waals surface area contributed by atoms with Gasteiger partial charge in [-0.15, -0.1) is 0 Å². The number of pyridine rings is 1. The van der Waals surface area contributed by atoms with Crippen molar-refractivity contribution in [1.82, 2.24) is 10.3 Å². The van der Waals surface area contributed by atoms with E-state index in [1.54, 1.807) is 25.3 Å². The van der Waals surface area contributed by atoms with Crippen LogP contribution in [0.5, 0.6) is 0 Å². The Morgan fingerprint density at radius 3 is 2.64 bits per heavy atom. The molecule has 0 spiro atoms. The van der Waals surface area contributed by atoms with Crippen LogP contribution < -0.4 is 10.6 Å². The van der Waals surface area contributed by atoms with Crippen molar-refractivity contribution in [3.05, 3.63) is 57.8 Å². The van der Waals surface area contributed by atoms with Crippen LogP contribution in [0.2, 0.25) is 10.0 Å². The number of carbonyl (C=O) groups is 2. The van der Waals surface area contributed by atoms with Crippen LogP contribution in [0.25, 0.3) is 0 Å². The van der Waals surface area contributed by atoms with Gasteiger partial charge in [0.1, 0.15) is 5.69 Å². The van der Waals surface area contributed by atoms with E-state index < -0.39 is 5.91 Å². The number of anilines is 1. The van der Waals surface area contributed by atoms with Gasteiger partial charge in [-0.1, -0.05) is 23.2 Å². The predicted octanol–water partition coefficient (Wildman–Crippen LogP) is 3.41. The summed E-state index contributed by atoms with van der Waals surface area (Å²) in [7, 11) is 1.60. The number of carbonyl (C=O) groups excluding carboxylic acids is 2. The summed E-state index contributed by atoms with van der Waals surface area (Å²) in [5.41, 5.74) is 0.956. The van der Waals surface area contributed by atoms with Gasteiger partial charge in [0.2, 0.25) is 0 Å². The summed E-state index contributed by atoms with van der Waals surface area (Å²) in [6.07, 6.45) is 2.12. The lowest BCUT2D eigenvalue weighted by Gasteiger charge is -2.08. The zero-order valence-corrected chi connectivity index (χ0v) is 15.0. The Bertz CT molecular complexity index is 769. The van der Waals surface area contributed by atoms with Crippen molar-refractivity contribution in [3.63, 3.8) is 0 Å². The first-order valence-corrected chi connectivity index (χ1v) is 8.26. The number of benzene rings is 1. The van der Waals surface area contributed by atoms with E-state index in [0.29, 0.717) is 40.9 Å². The molecule has 0 aliphatic carbocycles. The normalized spacial score (nSPS) is 10.4. The summed E-state index contributed by atoms with van der Waals surface area (Å²) in [4.78, 5) is 28.4. The lowest BCUT2D eigenvalue weighted by Crippen LogP contribution is -2.25. The van der Waals surface area contributed by atoms with Gasteiger partial charge >= 0.3 is 0 Å². The van der Waals surface area contributed by atoms with E-state index in [1.165, 1.54) is 18.3 Å². The second kappa shape index (κ2) is 9.36. The van der Waals surface area contributed by atoms with Crippen molar-refractivity contribution in [2.45, 2.75) is 6.42 Å². The summed E-state index contributed by atoms with van der Waals surface area (Å²) in [5, 5.41) is 6.14. The van der Waals surface area contributed by atoms with E-state index in [-0.39, 0.29) is 11.6 Å². The van der Waals surface area contributed by atoms with E-state index >= 15 is 0 Å². The molecule has 132 valence electrons. The van der Waals surface area contributed by atoms with Crippen LogP contribution in [0.15, 0.2) is 36.5 Å². The minimum absolute atomic E-state index is 0.121. The molecule has 6 nitrogen and oxygen atoms in total. The number of nitrogens with zero attached hydrogens (tertiary/aromatic N) is 1. The molecule has 0 radical (unpaired) electrons. The third-order valence-electron chi connectivity index (χ3n) is 3.24. The molecule has 0 aliphatic rings. The van der Waals surface area contributed by atoms with Gasteiger partial charge in [-0.25, -0.2) is 0 Å². The SMILES string of the molecule is COCCCNC(=O)c1ccnc(C(=O)Nc2ccc(Cl)c(Cl)c2)c1. The number of hydrogen-bond acceptors (Lipinski definition) is 4. The van der Waals surface area contributed by atoms with E-state index in [2.05, 4.69) is 15.6 Å². The van der Waals surface area contributed by atoms with Gasteiger partial charge in [0.15, 0.2) is 0 Å². The van der Waals surface area contributed by atoms with E-state index in [4.69, 9.17) is 27.9 Å². The Labute approximate surface area is 155 Å². The number of hydrogen-bond donors (Lipinski definition) is 2. The summed E-state index contributed by atoms with van der Waals surface area (Å²) in [6, 6.07) is 7.71. The topological polar surface area (TPSA) is 80.3 Å². The zero-order chi connectivity index (χ0) is 18.2. The first kappa shape index (κ1) is 19.2. The van der Waals surface area contributed by atoms with Crippen molar-refractivity contribution in [1.29, 1.82) is 0 Å². The monoisotopic (exact) mass is 381 g/mol. The number of methoxy groups -OCH3 is 1. The number of nitrogens with one attached hydrogen (secondary N) is 2. The van der Waals surface area contributed by atoms with Crippen LogP contribution in [0, 0.1) is 0 Å². The second-order valence-electron chi connectivity index (χ2n) is 5.12. The standard InChI is InChI=1S/C17H17Cl2N3O3/c1-25-8-2-6-21-16(23)11-5-7-20-15(9-11)17(24)22-12-3-4-13(18)14(19)10-12/h3-5,7,9-10H,2,6,8H2,1H3,(H,21,23)(H,22,24). The molecule has 0 saturated carbocycles. The summed E-state index contributed by atoms with van der Waals surface area (Å²) in [6.45, 7) is 1.05. The molecule has 2 N–H and O–H groups in total. The highest BCUT2D eigenvalue weighted by atomic mass is 35.5. The molecule has 0 aliphatic heterocycles. The Kier molecular flexibility index (Phi) is 7.18. The molecule has 2 aromatic rings. The Hall–Kier alpha value is -2.15. The quantitative estimate of drug-likeness (QED) is 0.720. The fourth-order valence-corrected chi connectivity index (χ4v) is 2.28. The van der Waals surface area contributed by atoms with Gasteiger partial charge < -0.3 is 15.4 Å². The number of amides is 2. The van der Waals surface area contributed by atoms with Gasteiger partial charge in [-0.2, -0.15) is 0 Å². The van der Waals surface area contributed by atoms with Crippen LogP contribution in [0.1, 0.15) is 27.3 Å². The molecule has 2 rings (SSSR count). The average Bonchev–Trinajstić information content (AvgIpc) is 2.62. The lowest BCUT2D eigenvalue weighted by atomic mass is 10.2. The van der Waals surface area contributed by atoms with E-state index in [0.717, 1.165) is 0 Å². The fourth-order valence-electron chi connectivity index (χ4n) is 1.99. The van der Waals surface area contributed by atoms with Gasteiger partial charge in [0.25, 0.3) is 11.8 Å². The molecule has 2 amide bonds. The maximum atomic E-state index is 12.3. The first-order chi connectivity index (χ1) is 12.0. The first-order valence-electron chi connectivity index (χ1n) is 7.51. The maximum absolute atomic E-state index is 12.3. The minimum Gasteiger partial charge on any atom is -0.385 e. The highest BCUT2D eigenvalue weighted by Crippen LogP contribution is 2.25.